The summed E-state index contributed by atoms with van der Waals surface area (Å²) < 4.78 is 11.2. The molecule has 3 rings (SSSR count). The maximum absolute atomic E-state index is 12.3. The number of esters is 2. The van der Waals surface area contributed by atoms with E-state index in [0.717, 1.165) is 16.9 Å². The standard InChI is InChI=1S/C20H18Cl2N4O4S2/c1-10-14(18(27)29-2)17(32-15(10)19(28)30-3)24-20(31)23-16-13(22)9-26(25-16)8-11-6-4-5-7-12(11)21/h4-7,9H,8H2,1-3H3,(H2,23,24,25,31). The molecule has 0 aliphatic heterocycles. The highest BCUT2D eigenvalue weighted by atomic mass is 35.5. The first-order valence-electron chi connectivity index (χ1n) is 9.09. The second-order valence-corrected chi connectivity index (χ2v) is 8.68. The molecular weight excluding hydrogens is 495 g/mol. The van der Waals surface area contributed by atoms with Crippen LogP contribution in [0.25, 0.3) is 0 Å². The van der Waals surface area contributed by atoms with Crippen LogP contribution in [0.1, 0.15) is 31.2 Å². The van der Waals surface area contributed by atoms with Crippen molar-refractivity contribution in [3.63, 3.8) is 0 Å². The number of ether oxygens (including phenoxy) is 2. The van der Waals surface area contributed by atoms with Crippen molar-refractivity contribution in [1.82, 2.24) is 9.78 Å². The molecule has 2 heterocycles. The second-order valence-electron chi connectivity index (χ2n) is 6.44. The molecule has 2 N–H and O–H groups in total. The number of carbonyl (C=O) groups is 2. The number of nitrogens with zero attached hydrogens (tertiary/aromatic N) is 2. The van der Waals surface area contributed by atoms with Crippen molar-refractivity contribution < 1.29 is 19.1 Å². The molecule has 168 valence electrons. The van der Waals surface area contributed by atoms with E-state index in [0.29, 0.717) is 33.0 Å². The number of hydrogen-bond donors (Lipinski definition) is 2. The first kappa shape index (κ1) is 24.0. The lowest BCUT2D eigenvalue weighted by atomic mass is 10.1. The van der Waals surface area contributed by atoms with Crippen molar-refractivity contribution >= 4 is 74.6 Å². The maximum atomic E-state index is 12.3. The number of halogens is 2. The Labute approximate surface area is 203 Å². The smallest absolute Gasteiger partial charge is 0.348 e. The normalized spacial score (nSPS) is 10.5. The van der Waals surface area contributed by atoms with Crippen LogP contribution in [0.4, 0.5) is 10.8 Å². The van der Waals surface area contributed by atoms with Gasteiger partial charge in [-0.25, -0.2) is 9.59 Å². The van der Waals surface area contributed by atoms with Crippen LogP contribution >= 0.6 is 46.8 Å². The molecule has 0 saturated carbocycles. The van der Waals surface area contributed by atoms with Crippen LogP contribution in [0.3, 0.4) is 0 Å². The lowest BCUT2D eigenvalue weighted by Gasteiger charge is -2.09. The van der Waals surface area contributed by atoms with Gasteiger partial charge in [-0.2, -0.15) is 5.10 Å². The minimum Gasteiger partial charge on any atom is -0.465 e. The Kier molecular flexibility index (Phi) is 7.73. The van der Waals surface area contributed by atoms with Gasteiger partial charge in [-0.05, 0) is 36.3 Å². The van der Waals surface area contributed by atoms with E-state index in [1.165, 1.54) is 14.2 Å². The summed E-state index contributed by atoms with van der Waals surface area (Å²) in [5.41, 5.74) is 1.51. The van der Waals surface area contributed by atoms with Gasteiger partial charge in [0.25, 0.3) is 0 Å². The number of nitrogens with one attached hydrogen (secondary N) is 2. The molecule has 0 atom stereocenters. The van der Waals surface area contributed by atoms with Crippen molar-refractivity contribution in [3.8, 4) is 0 Å². The number of aromatic nitrogens is 2. The van der Waals surface area contributed by atoms with E-state index >= 15 is 0 Å². The highest BCUT2D eigenvalue weighted by molar-refractivity contribution is 7.80. The summed E-state index contributed by atoms with van der Waals surface area (Å²) in [6.07, 6.45) is 1.64. The van der Waals surface area contributed by atoms with Crippen LogP contribution in [0.15, 0.2) is 30.5 Å². The summed E-state index contributed by atoms with van der Waals surface area (Å²) in [5, 5.41) is 11.6. The van der Waals surface area contributed by atoms with Crippen molar-refractivity contribution in [2.45, 2.75) is 13.5 Å². The molecule has 0 spiro atoms. The molecule has 0 radical (unpaired) electrons. The maximum Gasteiger partial charge on any atom is 0.348 e. The van der Waals surface area contributed by atoms with E-state index in [1.54, 1.807) is 23.9 Å². The quantitative estimate of drug-likeness (QED) is 0.352. The van der Waals surface area contributed by atoms with Crippen LogP contribution in [-0.2, 0) is 16.0 Å². The van der Waals surface area contributed by atoms with E-state index in [-0.39, 0.29) is 15.6 Å². The van der Waals surface area contributed by atoms with Crippen LogP contribution in [-0.4, -0.2) is 41.1 Å². The van der Waals surface area contributed by atoms with Crippen LogP contribution in [0, 0.1) is 6.92 Å². The van der Waals surface area contributed by atoms with Gasteiger partial charge in [0.2, 0.25) is 0 Å². The highest BCUT2D eigenvalue weighted by Crippen LogP contribution is 2.34. The van der Waals surface area contributed by atoms with Crippen LogP contribution < -0.4 is 10.6 Å². The summed E-state index contributed by atoms with van der Waals surface area (Å²) in [6, 6.07) is 7.42. The van der Waals surface area contributed by atoms with Gasteiger partial charge in [0.15, 0.2) is 10.9 Å². The average Bonchev–Trinajstić information content (AvgIpc) is 3.27. The van der Waals surface area contributed by atoms with Gasteiger partial charge in [0, 0.05) is 11.2 Å². The third-order valence-electron chi connectivity index (χ3n) is 4.37. The zero-order valence-electron chi connectivity index (χ0n) is 17.2. The highest BCUT2D eigenvalue weighted by Gasteiger charge is 2.26. The molecule has 0 aliphatic rings. The van der Waals surface area contributed by atoms with E-state index in [4.69, 9.17) is 44.9 Å². The Morgan fingerprint density at radius 2 is 1.81 bits per heavy atom. The number of thiophene rings is 1. The third kappa shape index (κ3) is 5.21. The van der Waals surface area contributed by atoms with Crippen molar-refractivity contribution in [3.05, 3.63) is 62.1 Å². The zero-order chi connectivity index (χ0) is 23.4. The van der Waals surface area contributed by atoms with Gasteiger partial charge in [0.05, 0.1) is 26.3 Å². The van der Waals surface area contributed by atoms with Crippen LogP contribution in [0.5, 0.6) is 0 Å². The van der Waals surface area contributed by atoms with E-state index in [9.17, 15) is 9.59 Å². The van der Waals surface area contributed by atoms with Crippen molar-refractivity contribution in [2.75, 3.05) is 24.9 Å². The van der Waals surface area contributed by atoms with Crippen molar-refractivity contribution in [1.29, 1.82) is 0 Å². The van der Waals surface area contributed by atoms with Gasteiger partial charge in [0.1, 0.15) is 14.9 Å². The van der Waals surface area contributed by atoms with E-state index < -0.39 is 11.9 Å². The number of methoxy groups -OCH3 is 2. The number of rotatable bonds is 6. The van der Waals surface area contributed by atoms with Gasteiger partial charge < -0.3 is 20.1 Å². The number of hydrogen-bond acceptors (Lipinski definition) is 7. The minimum absolute atomic E-state index is 0.123. The molecule has 32 heavy (non-hydrogen) atoms. The molecule has 3 aromatic rings. The molecule has 8 nitrogen and oxygen atoms in total. The Morgan fingerprint density at radius 3 is 2.47 bits per heavy atom. The predicted molar refractivity (Wildman–Crippen MR) is 129 cm³/mol. The van der Waals surface area contributed by atoms with Gasteiger partial charge in [-0.1, -0.05) is 41.4 Å². The molecule has 0 bridgehead atoms. The molecule has 0 unspecified atom stereocenters. The summed E-state index contributed by atoms with van der Waals surface area (Å²) >= 11 is 18.9. The lowest BCUT2D eigenvalue weighted by molar-refractivity contribution is 0.0601. The second kappa shape index (κ2) is 10.3. The third-order valence-corrected chi connectivity index (χ3v) is 6.41. The monoisotopic (exact) mass is 512 g/mol. The molecule has 0 aliphatic carbocycles. The molecule has 2 aromatic heterocycles. The lowest BCUT2D eigenvalue weighted by Crippen LogP contribution is -2.20. The first-order valence-corrected chi connectivity index (χ1v) is 11.1. The Bertz CT molecular complexity index is 1190. The number of carbonyl (C=O) groups excluding carboxylic acids is 2. The summed E-state index contributed by atoms with van der Waals surface area (Å²) in [5.74, 6) is -0.857. The van der Waals surface area contributed by atoms with Crippen molar-refractivity contribution in [2.24, 2.45) is 0 Å². The first-order chi connectivity index (χ1) is 15.2. The molecule has 12 heteroatoms. The SMILES string of the molecule is COC(=O)c1sc(NC(=S)Nc2nn(Cc3ccccc3Cl)cc2Cl)c(C(=O)OC)c1C. The summed E-state index contributed by atoms with van der Waals surface area (Å²) in [4.78, 5) is 24.6. The Balaban J connectivity index is 1.79. The fourth-order valence-electron chi connectivity index (χ4n) is 2.84. The summed E-state index contributed by atoms with van der Waals surface area (Å²) in [7, 11) is 2.52. The number of anilines is 2. The molecule has 0 amide bonds. The summed E-state index contributed by atoms with van der Waals surface area (Å²) in [6.45, 7) is 2.05. The molecular formula is C20H18Cl2N4O4S2. The Hall–Kier alpha value is -2.66. The van der Waals surface area contributed by atoms with E-state index in [2.05, 4.69) is 15.7 Å². The largest absolute Gasteiger partial charge is 0.465 e. The number of thiocarbonyl (C=S) groups is 1. The Morgan fingerprint density at radius 1 is 1.12 bits per heavy atom. The van der Waals surface area contributed by atoms with E-state index in [1.807, 2.05) is 18.2 Å². The topological polar surface area (TPSA) is 94.5 Å². The van der Waals surface area contributed by atoms with Gasteiger partial charge in [-0.3, -0.25) is 4.68 Å². The molecule has 0 fully saturated rings. The number of benzene rings is 1. The molecule has 0 saturated heterocycles. The van der Waals surface area contributed by atoms with Crippen LogP contribution in [0.2, 0.25) is 10.0 Å². The predicted octanol–water partition coefficient (Wildman–Crippen LogP) is 4.99. The fraction of sp³-hybridized carbons (Fsp3) is 0.200. The average molecular weight is 513 g/mol. The fourth-order valence-corrected chi connectivity index (χ4v) is 4.62. The zero-order valence-corrected chi connectivity index (χ0v) is 20.3. The van der Waals surface area contributed by atoms with Gasteiger partial charge in [-0.15, -0.1) is 11.3 Å². The molecule has 1 aromatic carbocycles. The van der Waals surface area contributed by atoms with Gasteiger partial charge >= 0.3 is 11.9 Å². The minimum atomic E-state index is -0.610.